The van der Waals surface area contributed by atoms with Crippen molar-refractivity contribution in [2.24, 2.45) is 0 Å². The van der Waals surface area contributed by atoms with Crippen LogP contribution in [0.2, 0.25) is 0 Å². The smallest absolute Gasteiger partial charge is 0.161 e. The Balaban J connectivity index is 2.57. The third-order valence-corrected chi connectivity index (χ3v) is 4.16. The fourth-order valence-electron chi connectivity index (χ4n) is 1.95. The highest BCUT2D eigenvalue weighted by molar-refractivity contribution is 7.18. The Labute approximate surface area is 111 Å². The number of aromatic nitrogens is 2. The molecule has 0 radical (unpaired) electrons. The number of aryl methyl sites for hydroxylation is 1. The largest absolute Gasteiger partial charge is 0.373 e. The van der Waals surface area contributed by atoms with E-state index in [0.29, 0.717) is 0 Å². The molecule has 0 bridgehead atoms. The molecule has 98 valence electrons. The van der Waals surface area contributed by atoms with Gasteiger partial charge >= 0.3 is 0 Å². The molecule has 18 heavy (non-hydrogen) atoms. The van der Waals surface area contributed by atoms with Gasteiger partial charge < -0.3 is 10.1 Å². The van der Waals surface area contributed by atoms with Gasteiger partial charge in [-0.15, -0.1) is 11.3 Å². The lowest BCUT2D eigenvalue weighted by Crippen LogP contribution is -2.07. The van der Waals surface area contributed by atoms with E-state index in [2.05, 4.69) is 35.2 Å². The van der Waals surface area contributed by atoms with E-state index in [1.165, 1.54) is 4.88 Å². The molecule has 0 spiro atoms. The van der Waals surface area contributed by atoms with Crippen LogP contribution in [0.1, 0.15) is 37.1 Å². The summed E-state index contributed by atoms with van der Waals surface area (Å²) in [6, 6.07) is 2.17. The fraction of sp³-hybridized carbons (Fsp3) is 0.538. The van der Waals surface area contributed by atoms with E-state index in [-0.39, 0.29) is 6.10 Å². The molecule has 0 saturated carbocycles. The molecule has 2 rings (SSSR count). The number of nitrogens with one attached hydrogen (secondary N) is 1. The molecule has 2 aromatic heterocycles. The first-order chi connectivity index (χ1) is 8.73. The van der Waals surface area contributed by atoms with Gasteiger partial charge in [0.2, 0.25) is 0 Å². The van der Waals surface area contributed by atoms with Gasteiger partial charge in [-0.25, -0.2) is 9.97 Å². The zero-order valence-electron chi connectivity index (χ0n) is 11.3. The van der Waals surface area contributed by atoms with Gasteiger partial charge in [-0.3, -0.25) is 0 Å². The van der Waals surface area contributed by atoms with E-state index in [4.69, 9.17) is 4.74 Å². The molecule has 0 aliphatic heterocycles. The predicted molar refractivity (Wildman–Crippen MR) is 76.4 cm³/mol. The van der Waals surface area contributed by atoms with Crippen LogP contribution in [0.15, 0.2) is 6.07 Å². The third kappa shape index (κ3) is 2.33. The minimum Gasteiger partial charge on any atom is -0.373 e. The van der Waals surface area contributed by atoms with Crippen molar-refractivity contribution >= 4 is 27.4 Å². The van der Waals surface area contributed by atoms with Crippen LogP contribution in [-0.4, -0.2) is 24.1 Å². The van der Waals surface area contributed by atoms with Crippen LogP contribution < -0.4 is 5.32 Å². The van der Waals surface area contributed by atoms with Gasteiger partial charge in [0.1, 0.15) is 16.8 Å². The SMILES string of the molecule is CCc1cc2c(NC)nc(C(CC)OC)nc2s1. The maximum Gasteiger partial charge on any atom is 0.161 e. The predicted octanol–water partition coefficient (Wildman–Crippen LogP) is 3.39. The monoisotopic (exact) mass is 265 g/mol. The highest BCUT2D eigenvalue weighted by Crippen LogP contribution is 2.31. The summed E-state index contributed by atoms with van der Waals surface area (Å²) in [6.07, 6.45) is 1.87. The third-order valence-electron chi connectivity index (χ3n) is 2.99. The highest BCUT2D eigenvalue weighted by Gasteiger charge is 2.16. The number of fused-ring (bicyclic) bond motifs is 1. The van der Waals surface area contributed by atoms with Crippen LogP contribution in [0.3, 0.4) is 0 Å². The Morgan fingerprint density at radius 3 is 2.72 bits per heavy atom. The number of ether oxygens (including phenoxy) is 1. The Bertz CT molecular complexity index is 534. The van der Waals surface area contributed by atoms with Crippen LogP contribution in [0.4, 0.5) is 5.82 Å². The number of anilines is 1. The summed E-state index contributed by atoms with van der Waals surface area (Å²) >= 11 is 1.73. The number of hydrogen-bond donors (Lipinski definition) is 1. The van der Waals surface area contributed by atoms with E-state index in [1.54, 1.807) is 18.4 Å². The van der Waals surface area contributed by atoms with Gasteiger partial charge in [0.15, 0.2) is 5.82 Å². The number of nitrogens with zero attached hydrogens (tertiary/aromatic N) is 2. The van der Waals surface area contributed by atoms with Gasteiger partial charge in [0.05, 0.1) is 5.39 Å². The average molecular weight is 265 g/mol. The van der Waals surface area contributed by atoms with Gasteiger partial charge in [-0.2, -0.15) is 0 Å². The first-order valence-electron chi connectivity index (χ1n) is 6.24. The van der Waals surface area contributed by atoms with Gasteiger partial charge in [0.25, 0.3) is 0 Å². The lowest BCUT2D eigenvalue weighted by Gasteiger charge is -2.12. The van der Waals surface area contributed by atoms with Crippen molar-refractivity contribution < 1.29 is 4.74 Å². The minimum atomic E-state index is -0.0336. The lowest BCUT2D eigenvalue weighted by molar-refractivity contribution is 0.0930. The quantitative estimate of drug-likeness (QED) is 0.900. The standard InChI is InChI=1S/C13H19N3OS/c1-5-8-7-9-11(14-3)15-12(10(6-2)17-4)16-13(9)18-8/h7,10H,5-6H2,1-4H3,(H,14,15,16). The molecule has 5 heteroatoms. The summed E-state index contributed by atoms with van der Waals surface area (Å²) in [6.45, 7) is 4.23. The first kappa shape index (κ1) is 13.2. The molecule has 0 fully saturated rings. The van der Waals surface area contributed by atoms with Crippen molar-refractivity contribution in [1.82, 2.24) is 9.97 Å². The topological polar surface area (TPSA) is 47.0 Å². The van der Waals surface area contributed by atoms with Crippen molar-refractivity contribution in [3.05, 3.63) is 16.8 Å². The zero-order chi connectivity index (χ0) is 13.1. The Hall–Kier alpha value is -1.20. The number of methoxy groups -OCH3 is 1. The van der Waals surface area contributed by atoms with E-state index < -0.39 is 0 Å². The molecular weight excluding hydrogens is 246 g/mol. The lowest BCUT2D eigenvalue weighted by atomic mass is 10.2. The van der Waals surface area contributed by atoms with Crippen molar-refractivity contribution in [3.63, 3.8) is 0 Å². The summed E-state index contributed by atoms with van der Waals surface area (Å²) in [5.41, 5.74) is 0. The summed E-state index contributed by atoms with van der Waals surface area (Å²) < 4.78 is 5.42. The average Bonchev–Trinajstić information content (AvgIpc) is 2.82. The van der Waals surface area contributed by atoms with Gasteiger partial charge in [0, 0.05) is 19.0 Å². The maximum atomic E-state index is 5.42. The van der Waals surface area contributed by atoms with E-state index in [0.717, 1.165) is 34.7 Å². The van der Waals surface area contributed by atoms with Crippen LogP contribution in [0, 0.1) is 0 Å². The molecule has 0 aliphatic carbocycles. The number of hydrogen-bond acceptors (Lipinski definition) is 5. The first-order valence-corrected chi connectivity index (χ1v) is 7.06. The molecule has 4 nitrogen and oxygen atoms in total. The molecule has 1 atom stereocenters. The molecule has 0 aliphatic rings. The second-order valence-corrected chi connectivity index (χ2v) is 5.21. The molecular formula is C13H19N3OS. The van der Waals surface area contributed by atoms with Crippen molar-refractivity contribution in [1.29, 1.82) is 0 Å². The Kier molecular flexibility index (Phi) is 4.14. The van der Waals surface area contributed by atoms with Crippen molar-refractivity contribution in [3.8, 4) is 0 Å². The van der Waals surface area contributed by atoms with Crippen LogP contribution in [0.25, 0.3) is 10.2 Å². The number of thiophene rings is 1. The second kappa shape index (κ2) is 5.63. The summed E-state index contributed by atoms with van der Waals surface area (Å²) in [4.78, 5) is 11.6. The van der Waals surface area contributed by atoms with Crippen LogP contribution in [-0.2, 0) is 11.2 Å². The minimum absolute atomic E-state index is 0.0336. The normalized spacial score (nSPS) is 12.9. The van der Waals surface area contributed by atoms with E-state index in [1.807, 2.05) is 7.05 Å². The van der Waals surface area contributed by atoms with Crippen molar-refractivity contribution in [2.75, 3.05) is 19.5 Å². The molecule has 0 aromatic carbocycles. The maximum absolute atomic E-state index is 5.42. The zero-order valence-corrected chi connectivity index (χ0v) is 12.1. The molecule has 0 amide bonds. The molecule has 1 unspecified atom stereocenters. The summed E-state index contributed by atoms with van der Waals surface area (Å²) in [7, 11) is 3.59. The molecule has 2 aromatic rings. The summed E-state index contributed by atoms with van der Waals surface area (Å²) in [5, 5.41) is 4.26. The van der Waals surface area contributed by atoms with Crippen LogP contribution >= 0.6 is 11.3 Å². The molecule has 2 heterocycles. The van der Waals surface area contributed by atoms with Gasteiger partial charge in [-0.05, 0) is 18.9 Å². The van der Waals surface area contributed by atoms with Crippen molar-refractivity contribution in [2.45, 2.75) is 32.8 Å². The van der Waals surface area contributed by atoms with Crippen LogP contribution in [0.5, 0.6) is 0 Å². The summed E-state index contributed by atoms with van der Waals surface area (Å²) in [5.74, 6) is 1.66. The second-order valence-electron chi connectivity index (χ2n) is 4.10. The highest BCUT2D eigenvalue weighted by atomic mass is 32.1. The van der Waals surface area contributed by atoms with E-state index in [9.17, 15) is 0 Å². The van der Waals surface area contributed by atoms with Gasteiger partial charge in [-0.1, -0.05) is 13.8 Å². The molecule has 0 saturated heterocycles. The fourth-order valence-corrected chi connectivity index (χ4v) is 2.93. The van der Waals surface area contributed by atoms with E-state index >= 15 is 0 Å². The Morgan fingerprint density at radius 1 is 1.39 bits per heavy atom. The Morgan fingerprint density at radius 2 is 2.17 bits per heavy atom. The molecule has 1 N–H and O–H groups in total. The number of rotatable bonds is 5.